The van der Waals surface area contributed by atoms with Crippen LogP contribution in [-0.2, 0) is 0 Å². The number of fused-ring (bicyclic) bond motifs is 1. The molecule has 14 heavy (non-hydrogen) atoms. The number of aromatic amines is 1. The van der Waals surface area contributed by atoms with Crippen LogP contribution in [-0.4, -0.2) is 27.2 Å². The summed E-state index contributed by atoms with van der Waals surface area (Å²) in [4.78, 5) is 3.04. The Bertz CT molecular complexity index is 327. The number of H-pyrrole nitrogens is 1. The van der Waals surface area contributed by atoms with E-state index in [0.29, 0.717) is 0 Å². The van der Waals surface area contributed by atoms with Crippen LogP contribution in [0.3, 0.4) is 0 Å². The van der Waals surface area contributed by atoms with Gasteiger partial charge >= 0.3 is 0 Å². The maximum absolute atomic E-state index is 4.98. The van der Waals surface area contributed by atoms with Gasteiger partial charge in [-0.05, 0) is 10.8 Å². The van der Waals surface area contributed by atoms with Crippen LogP contribution >= 0.6 is 0 Å². The lowest BCUT2D eigenvalue weighted by atomic mass is 9.44. The Morgan fingerprint density at radius 1 is 1.21 bits per heavy atom. The van der Waals surface area contributed by atoms with Gasteiger partial charge in [-0.25, -0.2) is 0 Å². The quantitative estimate of drug-likeness (QED) is 0.678. The van der Waals surface area contributed by atoms with Gasteiger partial charge in [-0.3, -0.25) is 0 Å². The molecule has 0 fully saturated rings. The van der Waals surface area contributed by atoms with E-state index in [1.165, 1.54) is 10.8 Å². The SMILES string of the molecule is [B][B]C[B]C.c1ccc2c[nH]cc2c1. The van der Waals surface area contributed by atoms with Gasteiger partial charge in [-0.2, -0.15) is 0 Å². The molecule has 0 bridgehead atoms. The van der Waals surface area contributed by atoms with Gasteiger partial charge in [-0.1, -0.05) is 31.1 Å². The topological polar surface area (TPSA) is 15.8 Å². The molecule has 0 atom stereocenters. The predicted octanol–water partition coefficient (Wildman–Crippen LogP) is 2.07. The van der Waals surface area contributed by atoms with Crippen LogP contribution in [0.1, 0.15) is 0 Å². The number of rotatable bonds is 2. The highest BCUT2D eigenvalue weighted by Crippen LogP contribution is 2.10. The molecule has 1 aromatic carbocycles. The zero-order valence-electron chi connectivity index (χ0n) is 8.40. The third-order valence-electron chi connectivity index (χ3n) is 1.85. The molecule has 0 spiro atoms. The fraction of sp³-hybridized carbons (Fsp3) is 0.200. The second-order valence-corrected chi connectivity index (χ2v) is 2.96. The molecule has 0 saturated carbocycles. The molecule has 1 aromatic heterocycles. The predicted molar refractivity (Wildman–Crippen MR) is 66.2 cm³/mol. The third kappa shape index (κ3) is 3.37. The number of hydrogen-bond donors (Lipinski definition) is 1. The van der Waals surface area contributed by atoms with Crippen molar-refractivity contribution in [3.63, 3.8) is 0 Å². The van der Waals surface area contributed by atoms with E-state index in [0.717, 1.165) is 6.22 Å². The average Bonchev–Trinajstić information content (AvgIpc) is 2.67. The van der Waals surface area contributed by atoms with Crippen LogP contribution in [0.15, 0.2) is 36.7 Å². The highest BCUT2D eigenvalue weighted by Gasteiger charge is 1.86. The lowest BCUT2D eigenvalue weighted by molar-refractivity contribution is 1.43. The van der Waals surface area contributed by atoms with Gasteiger partial charge in [0, 0.05) is 27.3 Å². The Balaban J connectivity index is 0.000000171. The Kier molecular flexibility index (Phi) is 5.05. The molecule has 0 aliphatic carbocycles. The molecule has 4 radical (unpaired) electrons. The number of nitrogens with one attached hydrogen (secondary N) is 1. The van der Waals surface area contributed by atoms with E-state index >= 15 is 0 Å². The standard InChI is InChI=1S/C8H7N.C2H5B3/c1-2-4-8-6-9-5-7(8)3-1;1-4-2-5-3/h1-6,9H;2H2,1H3. The molecule has 2 aromatic rings. The Morgan fingerprint density at radius 3 is 2.14 bits per heavy atom. The van der Waals surface area contributed by atoms with E-state index in [1.807, 2.05) is 38.6 Å². The summed E-state index contributed by atoms with van der Waals surface area (Å²) >= 11 is 0. The van der Waals surface area contributed by atoms with Crippen molar-refractivity contribution in [3.8, 4) is 0 Å². The lowest BCUT2D eigenvalue weighted by Gasteiger charge is -1.81. The summed E-state index contributed by atoms with van der Waals surface area (Å²) in [6, 6.07) is 8.25. The highest BCUT2D eigenvalue weighted by molar-refractivity contribution is 6.93. The first-order chi connectivity index (χ1) is 6.88. The van der Waals surface area contributed by atoms with Crippen LogP contribution in [0.5, 0.6) is 0 Å². The van der Waals surface area contributed by atoms with E-state index in [9.17, 15) is 0 Å². The van der Waals surface area contributed by atoms with Gasteiger partial charge in [0.15, 0.2) is 0 Å². The molecule has 0 saturated heterocycles. The highest BCUT2D eigenvalue weighted by atomic mass is 14.6. The molecule has 1 nitrogen and oxygen atoms in total. The molecule has 1 heterocycles. The number of hydrogen-bond acceptors (Lipinski definition) is 0. The van der Waals surface area contributed by atoms with Gasteiger partial charge in [0.2, 0.25) is 0 Å². The van der Waals surface area contributed by atoms with Gasteiger partial charge in [0.25, 0.3) is 0 Å². The molecule has 0 unspecified atom stereocenters. The fourth-order valence-corrected chi connectivity index (χ4v) is 1.13. The zero-order chi connectivity index (χ0) is 10.2. The number of aromatic nitrogens is 1. The molecular formula is C10H12B3N. The maximum Gasteiger partial charge on any atom is 0.0958 e. The second kappa shape index (κ2) is 6.41. The van der Waals surface area contributed by atoms with Crippen molar-refractivity contribution < 1.29 is 0 Å². The van der Waals surface area contributed by atoms with Crippen LogP contribution in [0.4, 0.5) is 0 Å². The molecule has 66 valence electrons. The van der Waals surface area contributed by atoms with Crippen molar-refractivity contribution >= 4 is 33.0 Å². The minimum Gasteiger partial charge on any atom is -0.366 e. The van der Waals surface area contributed by atoms with Gasteiger partial charge < -0.3 is 4.98 Å². The minimum atomic E-state index is 0.917. The van der Waals surface area contributed by atoms with E-state index < -0.39 is 0 Å². The second-order valence-electron chi connectivity index (χ2n) is 2.96. The van der Waals surface area contributed by atoms with Gasteiger partial charge in [0.1, 0.15) is 0 Å². The summed E-state index contributed by atoms with van der Waals surface area (Å²) in [5, 5.41) is 2.55. The summed E-state index contributed by atoms with van der Waals surface area (Å²) in [7, 11) is 8.61. The van der Waals surface area contributed by atoms with Crippen LogP contribution in [0.2, 0.25) is 13.0 Å². The summed E-state index contributed by atoms with van der Waals surface area (Å²) in [6.07, 6.45) is 4.91. The smallest absolute Gasteiger partial charge is 0.0958 e. The lowest BCUT2D eigenvalue weighted by Crippen LogP contribution is -1.90. The average molecular weight is 179 g/mol. The Hall–Kier alpha value is -1.05. The summed E-state index contributed by atoms with van der Waals surface area (Å²) in [5.74, 6) is 0. The Morgan fingerprint density at radius 2 is 1.79 bits per heavy atom. The molecule has 1 N–H and O–H groups in total. The van der Waals surface area contributed by atoms with E-state index in [4.69, 9.17) is 7.74 Å². The fourth-order valence-electron chi connectivity index (χ4n) is 1.13. The first-order valence-corrected chi connectivity index (χ1v) is 4.71. The normalized spacial score (nSPS) is 8.93. The van der Waals surface area contributed by atoms with Crippen LogP contribution in [0, 0.1) is 0 Å². The van der Waals surface area contributed by atoms with Crippen molar-refractivity contribution in [2.24, 2.45) is 0 Å². The maximum atomic E-state index is 4.98. The van der Waals surface area contributed by atoms with Crippen molar-refractivity contribution in [3.05, 3.63) is 36.7 Å². The van der Waals surface area contributed by atoms with Crippen molar-refractivity contribution in [1.29, 1.82) is 0 Å². The number of benzene rings is 1. The van der Waals surface area contributed by atoms with Crippen LogP contribution < -0.4 is 0 Å². The molecule has 4 heteroatoms. The molecule has 0 aliphatic rings. The largest absolute Gasteiger partial charge is 0.366 e. The van der Waals surface area contributed by atoms with Crippen molar-refractivity contribution in [1.82, 2.24) is 4.98 Å². The summed E-state index contributed by atoms with van der Waals surface area (Å²) in [5.41, 5.74) is 0. The monoisotopic (exact) mass is 179 g/mol. The van der Waals surface area contributed by atoms with E-state index in [1.54, 1.807) is 7.17 Å². The Labute approximate surface area is 88.2 Å². The summed E-state index contributed by atoms with van der Waals surface area (Å²) in [6.45, 7) is 1.98. The molecule has 0 aliphatic heterocycles. The van der Waals surface area contributed by atoms with Gasteiger partial charge in [0.05, 0.1) is 7.28 Å². The molecule has 0 amide bonds. The first-order valence-electron chi connectivity index (χ1n) is 4.71. The van der Waals surface area contributed by atoms with E-state index in [2.05, 4.69) is 17.1 Å². The first kappa shape index (κ1) is 11.0. The van der Waals surface area contributed by atoms with E-state index in [-0.39, 0.29) is 0 Å². The van der Waals surface area contributed by atoms with Crippen molar-refractivity contribution in [2.45, 2.75) is 13.0 Å². The van der Waals surface area contributed by atoms with Crippen molar-refractivity contribution in [2.75, 3.05) is 0 Å². The zero-order valence-corrected chi connectivity index (χ0v) is 8.40. The molecule has 2 rings (SSSR count). The third-order valence-corrected chi connectivity index (χ3v) is 1.85. The van der Waals surface area contributed by atoms with Crippen LogP contribution in [0.25, 0.3) is 10.8 Å². The van der Waals surface area contributed by atoms with Gasteiger partial charge in [-0.15, -0.1) is 6.22 Å². The summed E-state index contributed by atoms with van der Waals surface area (Å²) < 4.78 is 0. The minimum absolute atomic E-state index is 0.917. The molecular weight excluding hydrogens is 167 g/mol.